The number of benzene rings is 3. The molecule has 31 heavy (non-hydrogen) atoms. The summed E-state index contributed by atoms with van der Waals surface area (Å²) in [4.78, 5) is 7.92. The molecule has 1 atom stereocenters. The van der Waals surface area contributed by atoms with Gasteiger partial charge in [-0.1, -0.05) is 48.5 Å². The molecule has 7 heteroatoms. The van der Waals surface area contributed by atoms with E-state index in [2.05, 4.69) is 14.7 Å². The fraction of sp³-hybridized carbons (Fsp3) is 0.125. The van der Waals surface area contributed by atoms with Gasteiger partial charge in [-0.25, -0.2) is 13.4 Å². The largest absolute Gasteiger partial charge is 0.389 e. The molecule has 3 aromatic carbocycles. The van der Waals surface area contributed by atoms with Crippen LogP contribution < -0.4 is 4.72 Å². The second-order valence-electron chi connectivity index (χ2n) is 7.45. The van der Waals surface area contributed by atoms with Crippen LogP contribution in [0.15, 0.2) is 66.7 Å². The number of rotatable bonds is 6. The number of hydrogen-bond donors (Lipinski definition) is 3. The van der Waals surface area contributed by atoms with Crippen LogP contribution in [0.2, 0.25) is 0 Å². The van der Waals surface area contributed by atoms with Gasteiger partial charge in [0.15, 0.2) is 0 Å². The number of fused-ring (bicyclic) bond motifs is 1. The van der Waals surface area contributed by atoms with E-state index in [1.807, 2.05) is 66.7 Å². The summed E-state index contributed by atoms with van der Waals surface area (Å²) in [5.74, 6) is 0.717. The van der Waals surface area contributed by atoms with Gasteiger partial charge >= 0.3 is 0 Å². The van der Waals surface area contributed by atoms with Crippen LogP contribution in [0.5, 0.6) is 0 Å². The predicted octanol–water partition coefficient (Wildman–Crippen LogP) is 4.83. The quantitative estimate of drug-likeness (QED) is 0.406. The molecule has 0 amide bonds. The van der Waals surface area contributed by atoms with Crippen molar-refractivity contribution in [2.24, 2.45) is 0 Å². The number of aliphatic hydroxyl groups is 1. The number of aromatic nitrogens is 2. The summed E-state index contributed by atoms with van der Waals surface area (Å²) >= 11 is 0. The summed E-state index contributed by atoms with van der Waals surface area (Å²) in [6.07, 6.45) is 4.36. The lowest BCUT2D eigenvalue weighted by molar-refractivity contribution is 0.200. The van der Waals surface area contributed by atoms with Gasteiger partial charge in [0.05, 0.1) is 23.4 Å². The second kappa shape index (κ2) is 8.37. The highest BCUT2D eigenvalue weighted by Gasteiger charge is 2.10. The Labute approximate surface area is 181 Å². The van der Waals surface area contributed by atoms with Gasteiger partial charge in [-0.3, -0.25) is 4.72 Å². The number of sulfonamides is 1. The number of hydrogen-bond acceptors (Lipinski definition) is 4. The van der Waals surface area contributed by atoms with E-state index in [0.29, 0.717) is 11.5 Å². The zero-order chi connectivity index (χ0) is 22.0. The first kappa shape index (κ1) is 20.8. The minimum absolute atomic E-state index is 0.522. The van der Waals surface area contributed by atoms with E-state index in [-0.39, 0.29) is 0 Å². The SMILES string of the molecule is CC(O)c1ccccc1-c1ccc2nc(C=Cc3ccc(NS(C)(=O)=O)cc3)[nH]c2c1. The Morgan fingerprint density at radius 2 is 1.77 bits per heavy atom. The molecule has 4 aromatic rings. The van der Waals surface area contributed by atoms with E-state index < -0.39 is 16.1 Å². The van der Waals surface area contributed by atoms with Gasteiger partial charge in [0, 0.05) is 5.69 Å². The first-order valence-corrected chi connectivity index (χ1v) is 11.7. The maximum atomic E-state index is 11.3. The molecule has 1 unspecified atom stereocenters. The van der Waals surface area contributed by atoms with Crippen molar-refractivity contribution in [3.63, 3.8) is 0 Å². The van der Waals surface area contributed by atoms with E-state index in [0.717, 1.165) is 39.5 Å². The van der Waals surface area contributed by atoms with Crippen molar-refractivity contribution >= 4 is 38.9 Å². The molecule has 0 aliphatic heterocycles. The van der Waals surface area contributed by atoms with Crippen LogP contribution in [-0.2, 0) is 10.0 Å². The molecule has 0 spiro atoms. The van der Waals surface area contributed by atoms with Gasteiger partial charge in [0.1, 0.15) is 5.82 Å². The van der Waals surface area contributed by atoms with Crippen molar-refractivity contribution in [2.45, 2.75) is 13.0 Å². The summed E-state index contributed by atoms with van der Waals surface area (Å²) in [6, 6.07) is 20.9. The smallest absolute Gasteiger partial charge is 0.229 e. The summed E-state index contributed by atoms with van der Waals surface area (Å²) in [5.41, 5.74) is 6.09. The monoisotopic (exact) mass is 433 g/mol. The number of H-pyrrole nitrogens is 1. The Morgan fingerprint density at radius 1 is 1.03 bits per heavy atom. The summed E-state index contributed by atoms with van der Waals surface area (Å²) < 4.78 is 25.0. The van der Waals surface area contributed by atoms with Crippen molar-refractivity contribution in [2.75, 3.05) is 11.0 Å². The third-order valence-electron chi connectivity index (χ3n) is 4.87. The fourth-order valence-electron chi connectivity index (χ4n) is 3.45. The molecule has 0 aliphatic rings. The van der Waals surface area contributed by atoms with E-state index in [1.165, 1.54) is 0 Å². The van der Waals surface area contributed by atoms with Crippen LogP contribution in [0, 0.1) is 0 Å². The molecular formula is C24H23N3O3S. The maximum absolute atomic E-state index is 11.3. The summed E-state index contributed by atoms with van der Waals surface area (Å²) in [7, 11) is -3.29. The van der Waals surface area contributed by atoms with Crippen LogP contribution in [0.4, 0.5) is 5.69 Å². The topological polar surface area (TPSA) is 95.1 Å². The summed E-state index contributed by atoms with van der Waals surface area (Å²) in [6.45, 7) is 1.76. The van der Waals surface area contributed by atoms with Crippen molar-refractivity contribution in [1.29, 1.82) is 0 Å². The van der Waals surface area contributed by atoms with E-state index >= 15 is 0 Å². The first-order valence-electron chi connectivity index (χ1n) is 9.81. The van der Waals surface area contributed by atoms with Gasteiger partial charge in [0.2, 0.25) is 10.0 Å². The standard InChI is InChI=1S/C24H23N3O3S/c1-16(28)20-5-3-4-6-21(20)18-10-13-22-23(15-18)26-24(25-22)14-9-17-7-11-19(12-8-17)27-31(2,29)30/h3-16,27-28H,1-2H3,(H,25,26). The van der Waals surface area contributed by atoms with Crippen LogP contribution >= 0.6 is 0 Å². The molecule has 1 aromatic heterocycles. The van der Waals surface area contributed by atoms with Crippen LogP contribution in [0.25, 0.3) is 34.3 Å². The van der Waals surface area contributed by atoms with Gasteiger partial charge in [-0.05, 0) is 59.5 Å². The van der Waals surface area contributed by atoms with E-state index in [1.54, 1.807) is 19.1 Å². The van der Waals surface area contributed by atoms with E-state index in [4.69, 9.17) is 0 Å². The molecule has 4 rings (SSSR count). The Bertz CT molecular complexity index is 1350. The van der Waals surface area contributed by atoms with Crippen molar-refractivity contribution in [3.8, 4) is 11.1 Å². The lowest BCUT2D eigenvalue weighted by Crippen LogP contribution is -2.09. The third-order valence-corrected chi connectivity index (χ3v) is 5.48. The Kier molecular flexibility index (Phi) is 5.63. The predicted molar refractivity (Wildman–Crippen MR) is 126 cm³/mol. The molecule has 0 saturated heterocycles. The highest BCUT2D eigenvalue weighted by molar-refractivity contribution is 7.92. The normalized spacial score (nSPS) is 13.0. The zero-order valence-corrected chi connectivity index (χ0v) is 18.0. The first-order chi connectivity index (χ1) is 14.8. The molecule has 0 saturated carbocycles. The second-order valence-corrected chi connectivity index (χ2v) is 9.20. The molecule has 0 fully saturated rings. The molecule has 6 nitrogen and oxygen atoms in total. The Morgan fingerprint density at radius 3 is 2.48 bits per heavy atom. The molecule has 3 N–H and O–H groups in total. The van der Waals surface area contributed by atoms with Gasteiger partial charge in [0.25, 0.3) is 0 Å². The lowest BCUT2D eigenvalue weighted by atomic mass is 9.96. The highest BCUT2D eigenvalue weighted by Crippen LogP contribution is 2.30. The number of imidazole rings is 1. The highest BCUT2D eigenvalue weighted by atomic mass is 32.2. The van der Waals surface area contributed by atoms with Crippen molar-refractivity contribution in [1.82, 2.24) is 9.97 Å². The number of aliphatic hydroxyl groups excluding tert-OH is 1. The molecular weight excluding hydrogens is 410 g/mol. The number of nitrogens with zero attached hydrogens (tertiary/aromatic N) is 1. The third kappa shape index (κ3) is 5.02. The van der Waals surface area contributed by atoms with Gasteiger partial charge in [-0.15, -0.1) is 0 Å². The minimum atomic E-state index is -3.29. The molecule has 1 heterocycles. The fourth-order valence-corrected chi connectivity index (χ4v) is 4.02. The minimum Gasteiger partial charge on any atom is -0.389 e. The Hall–Kier alpha value is -3.42. The maximum Gasteiger partial charge on any atom is 0.229 e. The number of anilines is 1. The number of nitrogens with one attached hydrogen (secondary N) is 2. The number of aromatic amines is 1. The molecule has 158 valence electrons. The van der Waals surface area contributed by atoms with Crippen molar-refractivity contribution in [3.05, 3.63) is 83.7 Å². The van der Waals surface area contributed by atoms with Crippen LogP contribution in [0.3, 0.4) is 0 Å². The molecule has 0 bridgehead atoms. The van der Waals surface area contributed by atoms with Crippen LogP contribution in [-0.4, -0.2) is 29.7 Å². The zero-order valence-electron chi connectivity index (χ0n) is 17.2. The average Bonchev–Trinajstić information content (AvgIpc) is 3.14. The van der Waals surface area contributed by atoms with Crippen molar-refractivity contribution < 1.29 is 13.5 Å². The van der Waals surface area contributed by atoms with Crippen LogP contribution in [0.1, 0.15) is 30.0 Å². The van der Waals surface area contributed by atoms with Gasteiger partial charge in [-0.2, -0.15) is 0 Å². The summed E-state index contributed by atoms with van der Waals surface area (Å²) in [5, 5.41) is 10.1. The average molecular weight is 434 g/mol. The molecule has 0 aliphatic carbocycles. The lowest BCUT2D eigenvalue weighted by Gasteiger charge is -2.11. The molecule has 0 radical (unpaired) electrons. The van der Waals surface area contributed by atoms with Gasteiger partial charge < -0.3 is 10.1 Å². The Balaban J connectivity index is 1.58. The van der Waals surface area contributed by atoms with E-state index in [9.17, 15) is 13.5 Å².